The largest absolute Gasteiger partial charge is 0.316 e. The number of rotatable bonds is 4. The van der Waals surface area contributed by atoms with E-state index in [1.54, 1.807) is 6.07 Å². The van der Waals surface area contributed by atoms with Crippen molar-refractivity contribution in [2.75, 3.05) is 20.1 Å². The minimum absolute atomic E-state index is 0.0771. The summed E-state index contributed by atoms with van der Waals surface area (Å²) in [5, 5.41) is 3.09. The van der Waals surface area contributed by atoms with Gasteiger partial charge in [0.1, 0.15) is 5.82 Å². The summed E-state index contributed by atoms with van der Waals surface area (Å²) in [6.45, 7) is 3.77. The van der Waals surface area contributed by atoms with Crippen molar-refractivity contribution in [2.24, 2.45) is 0 Å². The van der Waals surface area contributed by atoms with E-state index in [2.05, 4.69) is 10.2 Å². The molecule has 1 saturated heterocycles. The van der Waals surface area contributed by atoms with Crippen LogP contribution in [0, 0.1) is 5.82 Å². The van der Waals surface area contributed by atoms with Crippen LogP contribution in [-0.2, 0) is 13.1 Å². The molecule has 1 aliphatic heterocycles. The third kappa shape index (κ3) is 2.80. The van der Waals surface area contributed by atoms with Gasteiger partial charge in [0.15, 0.2) is 0 Å². The molecule has 0 saturated carbocycles. The molecule has 1 aromatic rings. The van der Waals surface area contributed by atoms with E-state index in [-0.39, 0.29) is 5.82 Å². The molecule has 1 aromatic carbocycles. The molecule has 2 rings (SSSR count). The molecule has 0 spiro atoms. The maximum atomic E-state index is 13.6. The second-order valence-electron chi connectivity index (χ2n) is 4.44. The van der Waals surface area contributed by atoms with Crippen molar-refractivity contribution in [3.63, 3.8) is 0 Å². The van der Waals surface area contributed by atoms with Gasteiger partial charge in [-0.1, -0.05) is 12.1 Å². The first-order chi connectivity index (χ1) is 7.79. The molecule has 1 aliphatic rings. The molecule has 0 radical (unpaired) electrons. The van der Waals surface area contributed by atoms with E-state index in [9.17, 15) is 4.39 Å². The third-order valence-electron chi connectivity index (χ3n) is 3.08. The third-order valence-corrected chi connectivity index (χ3v) is 3.08. The zero-order chi connectivity index (χ0) is 11.4. The van der Waals surface area contributed by atoms with Crippen LogP contribution in [0.2, 0.25) is 0 Å². The van der Waals surface area contributed by atoms with Gasteiger partial charge in [-0.25, -0.2) is 4.39 Å². The number of hydrogen-bond donors (Lipinski definition) is 1. The highest BCUT2D eigenvalue weighted by atomic mass is 19.1. The lowest BCUT2D eigenvalue weighted by Gasteiger charge is -2.15. The number of likely N-dealkylation sites (tertiary alicyclic amines) is 1. The van der Waals surface area contributed by atoms with Crippen LogP contribution in [0.25, 0.3) is 0 Å². The van der Waals surface area contributed by atoms with E-state index in [0.717, 1.165) is 37.3 Å². The van der Waals surface area contributed by atoms with Crippen molar-refractivity contribution < 1.29 is 4.39 Å². The molecule has 0 bridgehead atoms. The Kier molecular flexibility index (Phi) is 3.91. The first kappa shape index (κ1) is 11.6. The van der Waals surface area contributed by atoms with E-state index in [1.165, 1.54) is 12.8 Å². The molecule has 0 unspecified atom stereocenters. The number of halogens is 1. The van der Waals surface area contributed by atoms with Gasteiger partial charge in [0.2, 0.25) is 0 Å². The number of benzene rings is 1. The predicted molar refractivity (Wildman–Crippen MR) is 63.7 cm³/mol. The van der Waals surface area contributed by atoms with E-state index < -0.39 is 0 Å². The SMILES string of the molecule is CNCc1ccc(F)c(CN2CCCC2)c1. The van der Waals surface area contributed by atoms with E-state index >= 15 is 0 Å². The molecule has 0 aliphatic carbocycles. The van der Waals surface area contributed by atoms with Gasteiger partial charge in [0, 0.05) is 18.7 Å². The standard InChI is InChI=1S/C13H19FN2/c1-15-9-11-4-5-13(14)12(8-11)10-16-6-2-3-7-16/h4-5,8,15H,2-3,6-7,9-10H2,1H3. The Labute approximate surface area is 96.5 Å². The Balaban J connectivity index is 2.08. The van der Waals surface area contributed by atoms with Crippen LogP contribution in [0.15, 0.2) is 18.2 Å². The lowest BCUT2D eigenvalue weighted by molar-refractivity contribution is 0.325. The minimum atomic E-state index is -0.0771. The fourth-order valence-electron chi connectivity index (χ4n) is 2.24. The number of nitrogens with zero attached hydrogens (tertiary/aromatic N) is 1. The van der Waals surface area contributed by atoms with Gasteiger partial charge >= 0.3 is 0 Å². The van der Waals surface area contributed by atoms with Gasteiger partial charge in [-0.15, -0.1) is 0 Å². The van der Waals surface area contributed by atoms with Crippen LogP contribution in [0.3, 0.4) is 0 Å². The molecule has 16 heavy (non-hydrogen) atoms. The predicted octanol–water partition coefficient (Wildman–Crippen LogP) is 2.14. The van der Waals surface area contributed by atoms with Crippen molar-refractivity contribution in [3.8, 4) is 0 Å². The molecule has 88 valence electrons. The van der Waals surface area contributed by atoms with E-state index in [4.69, 9.17) is 0 Å². The summed E-state index contributed by atoms with van der Waals surface area (Å²) >= 11 is 0. The molecule has 0 amide bonds. The maximum absolute atomic E-state index is 13.6. The van der Waals surface area contributed by atoms with Crippen molar-refractivity contribution in [1.82, 2.24) is 10.2 Å². The number of nitrogens with one attached hydrogen (secondary N) is 1. The van der Waals surface area contributed by atoms with Gasteiger partial charge < -0.3 is 5.32 Å². The Morgan fingerprint density at radius 1 is 1.31 bits per heavy atom. The zero-order valence-electron chi connectivity index (χ0n) is 9.80. The average Bonchev–Trinajstić information content (AvgIpc) is 2.76. The fourth-order valence-corrected chi connectivity index (χ4v) is 2.24. The van der Waals surface area contributed by atoms with Crippen LogP contribution >= 0.6 is 0 Å². The van der Waals surface area contributed by atoms with E-state index in [1.807, 2.05) is 19.2 Å². The van der Waals surface area contributed by atoms with Crippen LogP contribution in [-0.4, -0.2) is 25.0 Å². The smallest absolute Gasteiger partial charge is 0.127 e. The van der Waals surface area contributed by atoms with Crippen molar-refractivity contribution in [1.29, 1.82) is 0 Å². The highest BCUT2D eigenvalue weighted by Crippen LogP contribution is 2.16. The Hall–Kier alpha value is -0.930. The minimum Gasteiger partial charge on any atom is -0.316 e. The van der Waals surface area contributed by atoms with Crippen molar-refractivity contribution in [3.05, 3.63) is 35.1 Å². The van der Waals surface area contributed by atoms with Gasteiger partial charge in [0.05, 0.1) is 0 Å². The highest BCUT2D eigenvalue weighted by Gasteiger charge is 2.14. The summed E-state index contributed by atoms with van der Waals surface area (Å²) in [5.41, 5.74) is 1.98. The summed E-state index contributed by atoms with van der Waals surface area (Å²) in [5.74, 6) is -0.0771. The van der Waals surface area contributed by atoms with Crippen LogP contribution in [0.4, 0.5) is 4.39 Å². The molecule has 1 heterocycles. The van der Waals surface area contributed by atoms with E-state index in [0.29, 0.717) is 0 Å². The second-order valence-corrected chi connectivity index (χ2v) is 4.44. The first-order valence-corrected chi connectivity index (χ1v) is 5.94. The van der Waals surface area contributed by atoms with Gasteiger partial charge in [-0.3, -0.25) is 4.90 Å². The highest BCUT2D eigenvalue weighted by molar-refractivity contribution is 5.25. The lowest BCUT2D eigenvalue weighted by Crippen LogP contribution is -2.19. The second kappa shape index (κ2) is 5.41. The normalized spacial score (nSPS) is 16.9. The van der Waals surface area contributed by atoms with Crippen molar-refractivity contribution >= 4 is 0 Å². The lowest BCUT2D eigenvalue weighted by atomic mass is 10.1. The quantitative estimate of drug-likeness (QED) is 0.839. The molecule has 1 fully saturated rings. The Morgan fingerprint density at radius 2 is 2.06 bits per heavy atom. The van der Waals surface area contributed by atoms with Gasteiger partial charge in [-0.2, -0.15) is 0 Å². The molecular formula is C13H19FN2. The van der Waals surface area contributed by atoms with Gasteiger partial charge in [0.25, 0.3) is 0 Å². The summed E-state index contributed by atoms with van der Waals surface area (Å²) in [4.78, 5) is 2.32. The number of hydrogen-bond acceptors (Lipinski definition) is 2. The summed E-state index contributed by atoms with van der Waals surface area (Å²) in [6.07, 6.45) is 2.50. The summed E-state index contributed by atoms with van der Waals surface area (Å²) < 4.78 is 13.6. The molecule has 0 atom stereocenters. The average molecular weight is 222 g/mol. The van der Waals surface area contributed by atoms with Crippen LogP contribution in [0.5, 0.6) is 0 Å². The van der Waals surface area contributed by atoms with Crippen LogP contribution in [0.1, 0.15) is 24.0 Å². The molecule has 3 heteroatoms. The maximum Gasteiger partial charge on any atom is 0.127 e. The summed E-state index contributed by atoms with van der Waals surface area (Å²) in [7, 11) is 1.91. The van der Waals surface area contributed by atoms with Crippen molar-refractivity contribution in [2.45, 2.75) is 25.9 Å². The molecule has 2 nitrogen and oxygen atoms in total. The topological polar surface area (TPSA) is 15.3 Å². The van der Waals surface area contributed by atoms with Gasteiger partial charge in [-0.05, 0) is 44.6 Å². The van der Waals surface area contributed by atoms with Crippen LogP contribution < -0.4 is 5.32 Å². The Morgan fingerprint density at radius 3 is 2.75 bits per heavy atom. The monoisotopic (exact) mass is 222 g/mol. The zero-order valence-corrected chi connectivity index (χ0v) is 9.80. The summed E-state index contributed by atoms with van der Waals surface area (Å²) in [6, 6.07) is 5.40. The first-order valence-electron chi connectivity index (χ1n) is 5.94. The molecule has 0 aromatic heterocycles. The molecule has 1 N–H and O–H groups in total. The fraction of sp³-hybridized carbons (Fsp3) is 0.538. The Bertz CT molecular complexity index is 346. The molecular weight excluding hydrogens is 203 g/mol.